The molecule has 1 aromatic carbocycles. The molecule has 0 aliphatic heterocycles. The highest BCUT2D eigenvalue weighted by Gasteiger charge is 2.28. The van der Waals surface area contributed by atoms with E-state index < -0.39 is 0 Å². The number of aryl methyl sites for hydroxylation is 1. The van der Waals surface area contributed by atoms with E-state index in [2.05, 4.69) is 15.6 Å². The van der Waals surface area contributed by atoms with E-state index >= 15 is 0 Å². The van der Waals surface area contributed by atoms with Crippen LogP contribution in [0.3, 0.4) is 0 Å². The molecule has 0 radical (unpaired) electrons. The van der Waals surface area contributed by atoms with Crippen LogP contribution in [0, 0.1) is 11.3 Å². The van der Waals surface area contributed by atoms with Crippen molar-refractivity contribution < 1.29 is 0 Å². The average Bonchev–Trinajstić information content (AvgIpc) is 3.05. The maximum atomic E-state index is 8.84. The Morgan fingerprint density at radius 1 is 1.47 bits per heavy atom. The zero-order chi connectivity index (χ0) is 10.4. The van der Waals surface area contributed by atoms with Crippen LogP contribution in [0.2, 0.25) is 0 Å². The largest absolute Gasteiger partial charge is 0.331 e. The lowest BCUT2D eigenvalue weighted by molar-refractivity contribution is 0.820. The molecule has 0 atom stereocenters. The molecule has 1 fully saturated rings. The number of nitrogens with zero attached hydrogens (tertiary/aromatic N) is 3. The summed E-state index contributed by atoms with van der Waals surface area (Å²) in [6, 6.07) is 7.83. The topological polar surface area (TPSA) is 41.6 Å². The van der Waals surface area contributed by atoms with Gasteiger partial charge in [-0.05, 0) is 31.0 Å². The number of benzene rings is 1. The molecule has 15 heavy (non-hydrogen) atoms. The second-order valence-electron chi connectivity index (χ2n) is 4.12. The smallest absolute Gasteiger partial charge is 0.112 e. The molecule has 1 heterocycles. The fourth-order valence-corrected chi connectivity index (χ4v) is 1.98. The molecule has 74 valence electrons. The summed E-state index contributed by atoms with van der Waals surface area (Å²) in [6.07, 6.45) is 2.50. The van der Waals surface area contributed by atoms with Crippen molar-refractivity contribution in [3.05, 3.63) is 29.6 Å². The molecule has 0 amide bonds. The number of hydrogen-bond acceptors (Lipinski definition) is 2. The molecule has 3 rings (SSSR count). The van der Waals surface area contributed by atoms with Crippen molar-refractivity contribution in [1.82, 2.24) is 9.55 Å². The number of imidazole rings is 1. The van der Waals surface area contributed by atoms with Gasteiger partial charge in [-0.25, -0.2) is 4.98 Å². The first-order valence-corrected chi connectivity index (χ1v) is 5.16. The fourth-order valence-electron chi connectivity index (χ4n) is 1.98. The Balaban J connectivity index is 2.27. The minimum Gasteiger partial charge on any atom is -0.331 e. The van der Waals surface area contributed by atoms with Gasteiger partial charge in [0.25, 0.3) is 0 Å². The molecule has 0 N–H and O–H groups in total. The lowest BCUT2D eigenvalue weighted by Crippen LogP contribution is -1.94. The predicted molar refractivity (Wildman–Crippen MR) is 57.4 cm³/mol. The normalized spacial score (nSPS) is 15.5. The summed E-state index contributed by atoms with van der Waals surface area (Å²) in [5, 5.41) is 8.84. The Kier molecular flexibility index (Phi) is 1.60. The summed E-state index contributed by atoms with van der Waals surface area (Å²) in [6.45, 7) is 0. The monoisotopic (exact) mass is 197 g/mol. The van der Waals surface area contributed by atoms with Gasteiger partial charge in [0.2, 0.25) is 0 Å². The van der Waals surface area contributed by atoms with Gasteiger partial charge in [-0.3, -0.25) is 0 Å². The highest BCUT2D eigenvalue weighted by Crippen LogP contribution is 2.40. The molecular weight excluding hydrogens is 186 g/mol. The summed E-state index contributed by atoms with van der Waals surface area (Å²) >= 11 is 0. The van der Waals surface area contributed by atoms with Crippen molar-refractivity contribution in [2.24, 2.45) is 7.05 Å². The first kappa shape index (κ1) is 8.49. The summed E-state index contributed by atoms with van der Waals surface area (Å²) in [4.78, 5) is 4.60. The number of nitriles is 1. The van der Waals surface area contributed by atoms with Gasteiger partial charge in [0.15, 0.2) is 0 Å². The molecule has 0 spiro atoms. The Labute approximate surface area is 88.0 Å². The molecule has 0 unspecified atom stereocenters. The van der Waals surface area contributed by atoms with Crippen molar-refractivity contribution in [2.75, 3.05) is 0 Å². The molecule has 1 aromatic heterocycles. The lowest BCUT2D eigenvalue weighted by atomic mass is 10.2. The van der Waals surface area contributed by atoms with E-state index in [1.165, 1.54) is 18.7 Å². The van der Waals surface area contributed by atoms with Crippen molar-refractivity contribution in [1.29, 1.82) is 5.26 Å². The maximum Gasteiger partial charge on any atom is 0.112 e. The third-order valence-corrected chi connectivity index (χ3v) is 2.99. The third-order valence-electron chi connectivity index (χ3n) is 2.99. The summed E-state index contributed by atoms with van der Waals surface area (Å²) < 4.78 is 2.12. The van der Waals surface area contributed by atoms with Crippen LogP contribution in [0.4, 0.5) is 0 Å². The SMILES string of the molecule is Cn1c(C2CC2)nc2ccc(C#N)cc21. The maximum absolute atomic E-state index is 8.84. The van der Waals surface area contributed by atoms with Crippen LogP contribution in [0.1, 0.15) is 30.1 Å². The Morgan fingerprint density at radius 2 is 2.27 bits per heavy atom. The molecule has 0 saturated heterocycles. The summed E-state index contributed by atoms with van der Waals surface area (Å²) in [7, 11) is 2.03. The first-order valence-electron chi connectivity index (χ1n) is 5.16. The Morgan fingerprint density at radius 3 is 2.93 bits per heavy atom. The van der Waals surface area contributed by atoms with Crippen LogP contribution < -0.4 is 0 Å². The highest BCUT2D eigenvalue weighted by molar-refractivity contribution is 5.77. The van der Waals surface area contributed by atoms with Crippen LogP contribution in [-0.2, 0) is 7.05 Å². The van der Waals surface area contributed by atoms with Gasteiger partial charge in [-0.1, -0.05) is 0 Å². The minimum absolute atomic E-state index is 0.646. The van der Waals surface area contributed by atoms with Gasteiger partial charge < -0.3 is 4.57 Å². The number of hydrogen-bond donors (Lipinski definition) is 0. The molecule has 1 saturated carbocycles. The van der Waals surface area contributed by atoms with Crippen molar-refractivity contribution >= 4 is 11.0 Å². The lowest BCUT2D eigenvalue weighted by Gasteiger charge is -1.98. The average molecular weight is 197 g/mol. The molecule has 3 nitrogen and oxygen atoms in total. The summed E-state index contributed by atoms with van der Waals surface area (Å²) in [5.41, 5.74) is 2.77. The van der Waals surface area contributed by atoms with Crippen LogP contribution in [0.5, 0.6) is 0 Å². The van der Waals surface area contributed by atoms with Crippen molar-refractivity contribution in [3.8, 4) is 6.07 Å². The van der Waals surface area contributed by atoms with E-state index in [4.69, 9.17) is 5.26 Å². The van der Waals surface area contributed by atoms with Gasteiger partial charge in [0.1, 0.15) is 5.82 Å². The second kappa shape index (κ2) is 2.83. The van der Waals surface area contributed by atoms with Crippen LogP contribution >= 0.6 is 0 Å². The van der Waals surface area contributed by atoms with E-state index in [-0.39, 0.29) is 0 Å². The van der Waals surface area contributed by atoms with Crippen molar-refractivity contribution in [2.45, 2.75) is 18.8 Å². The van der Waals surface area contributed by atoms with E-state index in [1.807, 2.05) is 25.2 Å². The molecule has 0 bridgehead atoms. The van der Waals surface area contributed by atoms with Crippen LogP contribution in [0.15, 0.2) is 18.2 Å². The zero-order valence-corrected chi connectivity index (χ0v) is 8.57. The third kappa shape index (κ3) is 1.22. The van der Waals surface area contributed by atoms with Gasteiger partial charge in [-0.2, -0.15) is 5.26 Å². The van der Waals surface area contributed by atoms with Gasteiger partial charge in [-0.15, -0.1) is 0 Å². The summed E-state index contributed by atoms with van der Waals surface area (Å²) in [5.74, 6) is 1.81. The molecule has 1 aliphatic carbocycles. The fraction of sp³-hybridized carbons (Fsp3) is 0.333. The molecule has 2 aromatic rings. The van der Waals surface area contributed by atoms with E-state index in [0.717, 1.165) is 11.0 Å². The first-order chi connectivity index (χ1) is 7.29. The predicted octanol–water partition coefficient (Wildman–Crippen LogP) is 2.32. The van der Waals surface area contributed by atoms with E-state index in [0.29, 0.717) is 11.5 Å². The number of rotatable bonds is 1. The second-order valence-corrected chi connectivity index (χ2v) is 4.12. The van der Waals surface area contributed by atoms with E-state index in [1.54, 1.807) is 0 Å². The van der Waals surface area contributed by atoms with Crippen molar-refractivity contribution in [3.63, 3.8) is 0 Å². The minimum atomic E-state index is 0.646. The Bertz CT molecular complexity index is 570. The quantitative estimate of drug-likeness (QED) is 0.704. The highest BCUT2D eigenvalue weighted by atomic mass is 15.1. The van der Waals surface area contributed by atoms with Gasteiger partial charge >= 0.3 is 0 Å². The number of fused-ring (bicyclic) bond motifs is 1. The van der Waals surface area contributed by atoms with Gasteiger partial charge in [0, 0.05) is 13.0 Å². The number of aromatic nitrogens is 2. The standard InChI is InChI=1S/C12H11N3/c1-15-11-6-8(7-13)2-5-10(11)14-12(15)9-3-4-9/h2,5-6,9H,3-4H2,1H3. The van der Waals surface area contributed by atoms with Gasteiger partial charge in [0.05, 0.1) is 22.7 Å². The van der Waals surface area contributed by atoms with E-state index in [9.17, 15) is 0 Å². The molecule has 1 aliphatic rings. The zero-order valence-electron chi connectivity index (χ0n) is 8.57. The Hall–Kier alpha value is -1.82. The van der Waals surface area contributed by atoms with Crippen LogP contribution in [-0.4, -0.2) is 9.55 Å². The molecule has 3 heteroatoms. The molecular formula is C12H11N3. The van der Waals surface area contributed by atoms with Crippen LogP contribution in [0.25, 0.3) is 11.0 Å².